The fraction of sp³-hybridized carbons (Fsp3) is 0.667. The van der Waals surface area contributed by atoms with Crippen LogP contribution in [0.15, 0.2) is 22.9 Å². The third-order valence-corrected chi connectivity index (χ3v) is 6.07. The Balaban J connectivity index is 1.36. The zero-order chi connectivity index (χ0) is 21.1. The van der Waals surface area contributed by atoms with Crippen molar-refractivity contribution < 1.29 is 14.0 Å². The second kappa shape index (κ2) is 8.97. The molecule has 4 heterocycles. The lowest BCUT2D eigenvalue weighted by Crippen LogP contribution is -2.40. The maximum atomic E-state index is 12.6. The van der Waals surface area contributed by atoms with Gasteiger partial charge in [-0.05, 0) is 38.2 Å². The average Bonchev–Trinajstić information content (AvgIpc) is 3.45. The number of hydrogen-bond donors (Lipinski definition) is 0. The van der Waals surface area contributed by atoms with Crippen molar-refractivity contribution in [1.29, 1.82) is 0 Å². The molecule has 0 bridgehead atoms. The molecule has 0 saturated carbocycles. The van der Waals surface area contributed by atoms with E-state index in [1.165, 1.54) is 0 Å². The fourth-order valence-electron chi connectivity index (χ4n) is 4.34. The Morgan fingerprint density at radius 1 is 1.10 bits per heavy atom. The van der Waals surface area contributed by atoms with E-state index < -0.39 is 0 Å². The van der Waals surface area contributed by atoms with Crippen LogP contribution in [0.1, 0.15) is 69.7 Å². The molecule has 2 amide bonds. The minimum absolute atomic E-state index is 0.0448. The van der Waals surface area contributed by atoms with Crippen molar-refractivity contribution in [3.8, 4) is 0 Å². The first-order chi connectivity index (χ1) is 14.5. The molecule has 9 nitrogen and oxygen atoms in total. The van der Waals surface area contributed by atoms with E-state index in [1.54, 1.807) is 17.1 Å². The lowest BCUT2D eigenvalue weighted by atomic mass is 9.96. The number of likely N-dealkylation sites (tertiary alicyclic amines) is 2. The molecular formula is C21H30N6O3. The predicted octanol–water partition coefficient (Wildman–Crippen LogP) is 2.38. The van der Waals surface area contributed by atoms with Crippen LogP contribution < -0.4 is 0 Å². The Hall–Kier alpha value is -2.71. The molecule has 4 rings (SSSR count). The maximum absolute atomic E-state index is 12.6. The molecule has 2 aliphatic rings. The van der Waals surface area contributed by atoms with Crippen molar-refractivity contribution in [1.82, 2.24) is 29.8 Å². The van der Waals surface area contributed by atoms with Crippen LogP contribution in [-0.2, 0) is 16.1 Å². The second-order valence-corrected chi connectivity index (χ2v) is 8.54. The molecule has 2 aliphatic heterocycles. The minimum Gasteiger partial charge on any atom is -0.423 e. The summed E-state index contributed by atoms with van der Waals surface area (Å²) < 4.78 is 7.72. The van der Waals surface area contributed by atoms with Gasteiger partial charge < -0.3 is 14.2 Å². The summed E-state index contributed by atoms with van der Waals surface area (Å²) in [5, 5.41) is 12.7. The van der Waals surface area contributed by atoms with Gasteiger partial charge in [0.25, 0.3) is 0 Å². The lowest BCUT2D eigenvalue weighted by Gasteiger charge is -2.34. The summed E-state index contributed by atoms with van der Waals surface area (Å²) in [4.78, 5) is 28.8. The molecule has 0 radical (unpaired) electrons. The van der Waals surface area contributed by atoms with Crippen molar-refractivity contribution in [2.75, 3.05) is 19.6 Å². The molecule has 2 saturated heterocycles. The lowest BCUT2D eigenvalue weighted by molar-refractivity contribution is -0.139. The van der Waals surface area contributed by atoms with Crippen molar-refractivity contribution in [2.45, 2.75) is 64.5 Å². The number of amides is 2. The largest absolute Gasteiger partial charge is 0.423 e. The van der Waals surface area contributed by atoms with Gasteiger partial charge in [0.2, 0.25) is 23.6 Å². The molecule has 0 aliphatic carbocycles. The summed E-state index contributed by atoms with van der Waals surface area (Å²) in [5.41, 5.74) is 0. The topological polar surface area (TPSA) is 97.4 Å². The van der Waals surface area contributed by atoms with E-state index in [2.05, 4.69) is 15.3 Å². The summed E-state index contributed by atoms with van der Waals surface area (Å²) in [6, 6.07) is 1.69. The number of hydrogen-bond acceptors (Lipinski definition) is 6. The van der Waals surface area contributed by atoms with Crippen LogP contribution in [0, 0.1) is 5.92 Å². The van der Waals surface area contributed by atoms with Crippen LogP contribution >= 0.6 is 0 Å². The molecule has 2 fully saturated rings. The zero-order valence-corrected chi connectivity index (χ0v) is 17.7. The Kier molecular flexibility index (Phi) is 6.15. The molecule has 2 aromatic rings. The van der Waals surface area contributed by atoms with Crippen molar-refractivity contribution in [3.63, 3.8) is 0 Å². The van der Waals surface area contributed by atoms with Gasteiger partial charge in [-0.3, -0.25) is 14.3 Å². The third-order valence-electron chi connectivity index (χ3n) is 6.07. The minimum atomic E-state index is -0.120. The molecule has 2 aromatic heterocycles. The summed E-state index contributed by atoms with van der Waals surface area (Å²) >= 11 is 0. The number of rotatable bonds is 5. The predicted molar refractivity (Wildman–Crippen MR) is 108 cm³/mol. The number of carbonyl (C=O) groups excluding carboxylic acids is 2. The van der Waals surface area contributed by atoms with Gasteiger partial charge in [0.05, 0.1) is 0 Å². The summed E-state index contributed by atoms with van der Waals surface area (Å²) in [5.74, 6) is 1.51. The highest BCUT2D eigenvalue weighted by atomic mass is 16.4. The van der Waals surface area contributed by atoms with Gasteiger partial charge in [-0.15, -0.1) is 10.2 Å². The monoisotopic (exact) mass is 414 g/mol. The summed E-state index contributed by atoms with van der Waals surface area (Å²) in [7, 11) is 0. The third kappa shape index (κ3) is 4.39. The van der Waals surface area contributed by atoms with Gasteiger partial charge in [-0.25, -0.2) is 0 Å². The Bertz CT molecular complexity index is 854. The van der Waals surface area contributed by atoms with Crippen molar-refractivity contribution >= 4 is 11.8 Å². The zero-order valence-electron chi connectivity index (χ0n) is 17.7. The smallest absolute Gasteiger partial charge is 0.244 e. The van der Waals surface area contributed by atoms with Gasteiger partial charge in [-0.2, -0.15) is 5.10 Å². The highest BCUT2D eigenvalue weighted by Crippen LogP contribution is 2.34. The van der Waals surface area contributed by atoms with Crippen LogP contribution in [0.25, 0.3) is 0 Å². The molecule has 30 heavy (non-hydrogen) atoms. The van der Waals surface area contributed by atoms with E-state index in [1.807, 2.05) is 29.7 Å². The molecule has 0 spiro atoms. The first kappa shape index (κ1) is 20.6. The van der Waals surface area contributed by atoms with Gasteiger partial charge in [0, 0.05) is 43.9 Å². The Morgan fingerprint density at radius 2 is 1.87 bits per heavy atom. The van der Waals surface area contributed by atoms with E-state index in [4.69, 9.17) is 4.42 Å². The number of carbonyl (C=O) groups is 2. The van der Waals surface area contributed by atoms with Crippen LogP contribution in [0.3, 0.4) is 0 Å². The standard InChI is InChI=1S/C21H30N6O3/c1-15(2)21(29)27-11-4-3-6-17(27)20-24-23-19(30-20)16-7-12-25(13-8-16)18(28)14-26-10-5-9-22-26/h5,9-10,15-17H,3-4,6-8,11-14H2,1-2H3. The van der Waals surface area contributed by atoms with Crippen LogP contribution in [-0.4, -0.2) is 61.2 Å². The van der Waals surface area contributed by atoms with E-state index in [9.17, 15) is 9.59 Å². The van der Waals surface area contributed by atoms with E-state index in [-0.39, 0.29) is 36.2 Å². The molecule has 0 N–H and O–H groups in total. The normalized spacial score (nSPS) is 20.7. The average molecular weight is 415 g/mol. The van der Waals surface area contributed by atoms with Crippen LogP contribution in [0.5, 0.6) is 0 Å². The number of piperidine rings is 2. The maximum Gasteiger partial charge on any atom is 0.244 e. The van der Waals surface area contributed by atoms with E-state index in [0.717, 1.165) is 38.6 Å². The summed E-state index contributed by atoms with van der Waals surface area (Å²) in [6.45, 7) is 6.21. The molecule has 9 heteroatoms. The highest BCUT2D eigenvalue weighted by Gasteiger charge is 2.34. The first-order valence-corrected chi connectivity index (χ1v) is 10.9. The number of nitrogens with zero attached hydrogens (tertiary/aromatic N) is 6. The Labute approximate surface area is 176 Å². The fourth-order valence-corrected chi connectivity index (χ4v) is 4.34. The quantitative estimate of drug-likeness (QED) is 0.745. The Morgan fingerprint density at radius 3 is 2.57 bits per heavy atom. The summed E-state index contributed by atoms with van der Waals surface area (Å²) in [6.07, 6.45) is 8.00. The van der Waals surface area contributed by atoms with Crippen molar-refractivity contribution in [3.05, 3.63) is 30.2 Å². The highest BCUT2D eigenvalue weighted by molar-refractivity contribution is 5.78. The molecular weight excluding hydrogens is 384 g/mol. The van der Waals surface area contributed by atoms with Crippen molar-refractivity contribution in [2.24, 2.45) is 5.92 Å². The van der Waals surface area contributed by atoms with Gasteiger partial charge in [0.1, 0.15) is 12.6 Å². The molecule has 1 unspecified atom stereocenters. The SMILES string of the molecule is CC(C)C(=O)N1CCCCC1c1nnc(C2CCN(C(=O)Cn3cccn3)CC2)o1. The van der Waals surface area contributed by atoms with Gasteiger partial charge in [0.15, 0.2) is 0 Å². The first-order valence-electron chi connectivity index (χ1n) is 10.9. The van der Waals surface area contributed by atoms with E-state index >= 15 is 0 Å². The van der Waals surface area contributed by atoms with E-state index in [0.29, 0.717) is 24.9 Å². The molecule has 1 atom stereocenters. The van der Waals surface area contributed by atoms with Gasteiger partial charge >= 0.3 is 0 Å². The number of aromatic nitrogens is 4. The molecule has 162 valence electrons. The van der Waals surface area contributed by atoms with Crippen LogP contribution in [0.4, 0.5) is 0 Å². The van der Waals surface area contributed by atoms with Crippen LogP contribution in [0.2, 0.25) is 0 Å². The molecule has 0 aromatic carbocycles. The second-order valence-electron chi connectivity index (χ2n) is 8.54. The van der Waals surface area contributed by atoms with Gasteiger partial charge in [-0.1, -0.05) is 13.8 Å².